The van der Waals surface area contributed by atoms with Gasteiger partial charge in [-0.2, -0.15) is 4.99 Å². The smallest absolute Gasteiger partial charge is 0.280 e. The predicted octanol–water partition coefficient (Wildman–Crippen LogP) is 5.77. The van der Waals surface area contributed by atoms with Gasteiger partial charge < -0.3 is 4.57 Å². The van der Waals surface area contributed by atoms with Crippen LogP contribution in [0.5, 0.6) is 0 Å². The number of hydrogen-bond donors (Lipinski definition) is 0. The van der Waals surface area contributed by atoms with Gasteiger partial charge in [0.2, 0.25) is 0 Å². The fourth-order valence-electron chi connectivity index (χ4n) is 3.04. The largest absolute Gasteiger partial charge is 0.319 e. The first-order valence-electron chi connectivity index (χ1n) is 8.79. The lowest BCUT2D eigenvalue weighted by Gasteiger charge is -2.07. The van der Waals surface area contributed by atoms with E-state index in [1.165, 1.54) is 11.3 Å². The lowest BCUT2D eigenvalue weighted by molar-refractivity contribution is 0.0997. The molecule has 4 aromatic rings. The van der Waals surface area contributed by atoms with E-state index in [-0.39, 0.29) is 5.91 Å². The molecule has 0 unspecified atom stereocenters. The Morgan fingerprint density at radius 2 is 1.43 bits per heavy atom. The van der Waals surface area contributed by atoms with Crippen LogP contribution in [-0.4, -0.2) is 10.5 Å². The summed E-state index contributed by atoms with van der Waals surface area (Å²) in [7, 11) is 1.97. The summed E-state index contributed by atoms with van der Waals surface area (Å²) in [5.74, 6) is -0.221. The molecule has 138 valence electrons. The molecule has 0 saturated carbocycles. The van der Waals surface area contributed by atoms with E-state index < -0.39 is 0 Å². The third-order valence-corrected chi connectivity index (χ3v) is 6.54. The van der Waals surface area contributed by atoms with Crippen LogP contribution in [0.3, 0.4) is 0 Å². The summed E-state index contributed by atoms with van der Waals surface area (Å²) in [5.41, 5.74) is 3.90. The summed E-state index contributed by atoms with van der Waals surface area (Å²) in [5, 5.41) is 0. The average Bonchev–Trinajstić information content (AvgIpc) is 3.05. The monoisotopic (exact) mass is 496 g/mol. The number of aromatic nitrogens is 1. The van der Waals surface area contributed by atoms with Crippen LogP contribution in [0.15, 0.2) is 89.9 Å². The summed E-state index contributed by atoms with van der Waals surface area (Å²) < 4.78 is 2.91. The molecule has 0 saturated heterocycles. The van der Waals surface area contributed by atoms with Gasteiger partial charge in [-0.25, -0.2) is 0 Å². The second-order valence-corrected chi connectivity index (χ2v) is 8.39. The van der Waals surface area contributed by atoms with E-state index in [2.05, 4.69) is 51.8 Å². The van der Waals surface area contributed by atoms with E-state index in [0.717, 1.165) is 25.3 Å². The normalized spacial score (nSPS) is 11.6. The quantitative estimate of drug-likeness (QED) is 0.332. The number of amides is 1. The topological polar surface area (TPSA) is 34.4 Å². The molecule has 0 spiro atoms. The first-order chi connectivity index (χ1) is 13.6. The van der Waals surface area contributed by atoms with Crippen molar-refractivity contribution in [3.8, 4) is 21.7 Å². The number of thiazole rings is 1. The summed E-state index contributed by atoms with van der Waals surface area (Å²) in [6.45, 7) is 0. The molecule has 0 aliphatic heterocycles. The highest BCUT2D eigenvalue weighted by Gasteiger charge is 2.16. The van der Waals surface area contributed by atoms with E-state index in [1.54, 1.807) is 0 Å². The highest BCUT2D eigenvalue weighted by molar-refractivity contribution is 14.1. The fraction of sp³-hybridized carbons (Fsp3) is 0.0435. The Hall–Kier alpha value is -2.51. The van der Waals surface area contributed by atoms with Crippen LogP contribution in [0.1, 0.15) is 10.4 Å². The van der Waals surface area contributed by atoms with Crippen molar-refractivity contribution in [3.05, 3.63) is 98.9 Å². The molecule has 0 radical (unpaired) electrons. The highest BCUT2D eigenvalue weighted by Crippen LogP contribution is 2.34. The maximum atomic E-state index is 12.8. The van der Waals surface area contributed by atoms with E-state index in [0.29, 0.717) is 10.4 Å². The summed E-state index contributed by atoms with van der Waals surface area (Å²) >= 11 is 3.71. The van der Waals surface area contributed by atoms with Crippen LogP contribution in [-0.2, 0) is 7.05 Å². The molecule has 3 aromatic carbocycles. The molecule has 1 aromatic heterocycles. The van der Waals surface area contributed by atoms with Crippen LogP contribution in [0.25, 0.3) is 21.7 Å². The van der Waals surface area contributed by atoms with Crippen molar-refractivity contribution in [3.63, 3.8) is 0 Å². The van der Waals surface area contributed by atoms with E-state index in [1.807, 2.05) is 72.3 Å². The Kier molecular flexibility index (Phi) is 5.54. The van der Waals surface area contributed by atoms with Crippen LogP contribution in [0.2, 0.25) is 0 Å². The van der Waals surface area contributed by atoms with Gasteiger partial charge in [0, 0.05) is 10.6 Å². The SMILES string of the molecule is Cn1c(-c2ccccc2)c(-c2ccccc2)sc1=NC(=O)c1ccccc1I. The minimum Gasteiger partial charge on any atom is -0.319 e. The Morgan fingerprint density at radius 1 is 0.857 bits per heavy atom. The second-order valence-electron chi connectivity index (χ2n) is 6.25. The molecule has 3 nitrogen and oxygen atoms in total. The van der Waals surface area contributed by atoms with Crippen molar-refractivity contribution < 1.29 is 4.79 Å². The number of benzene rings is 3. The molecule has 0 N–H and O–H groups in total. The fourth-order valence-corrected chi connectivity index (χ4v) is 4.80. The third-order valence-electron chi connectivity index (χ3n) is 4.42. The summed E-state index contributed by atoms with van der Waals surface area (Å²) in [6, 6.07) is 28.0. The zero-order valence-corrected chi connectivity index (χ0v) is 18.1. The van der Waals surface area contributed by atoms with Gasteiger partial charge in [-0.1, -0.05) is 84.1 Å². The van der Waals surface area contributed by atoms with Crippen LogP contribution in [0, 0.1) is 3.57 Å². The first kappa shape index (κ1) is 18.8. The number of carbonyl (C=O) groups excluding carboxylic acids is 1. The predicted molar refractivity (Wildman–Crippen MR) is 123 cm³/mol. The average molecular weight is 496 g/mol. The van der Waals surface area contributed by atoms with Gasteiger partial charge in [-0.05, 0) is 45.9 Å². The molecule has 0 aliphatic carbocycles. The van der Waals surface area contributed by atoms with Crippen LogP contribution >= 0.6 is 33.9 Å². The molecule has 0 bridgehead atoms. The van der Waals surface area contributed by atoms with Gasteiger partial charge >= 0.3 is 0 Å². The molecule has 0 atom stereocenters. The minimum absolute atomic E-state index is 0.221. The zero-order chi connectivity index (χ0) is 19.5. The standard InChI is InChI=1S/C23H17IN2OS/c1-26-20(16-10-4-2-5-11-16)21(17-12-6-3-7-13-17)28-23(26)25-22(27)18-14-8-9-15-19(18)24/h2-15H,1H3. The zero-order valence-electron chi connectivity index (χ0n) is 15.2. The van der Waals surface area contributed by atoms with E-state index in [9.17, 15) is 4.79 Å². The van der Waals surface area contributed by atoms with Crippen molar-refractivity contribution in [2.75, 3.05) is 0 Å². The molecule has 0 aliphatic rings. The van der Waals surface area contributed by atoms with Crippen molar-refractivity contribution in [1.29, 1.82) is 0 Å². The van der Waals surface area contributed by atoms with Crippen molar-refractivity contribution >= 4 is 39.8 Å². The molecule has 4 rings (SSSR count). The maximum Gasteiger partial charge on any atom is 0.280 e. The van der Waals surface area contributed by atoms with Crippen LogP contribution < -0.4 is 4.80 Å². The molecule has 1 heterocycles. The molecule has 0 fully saturated rings. The lowest BCUT2D eigenvalue weighted by atomic mass is 10.1. The van der Waals surface area contributed by atoms with E-state index >= 15 is 0 Å². The highest BCUT2D eigenvalue weighted by atomic mass is 127. The van der Waals surface area contributed by atoms with Gasteiger partial charge in [0.15, 0.2) is 4.80 Å². The van der Waals surface area contributed by atoms with Gasteiger partial charge in [-0.3, -0.25) is 4.79 Å². The number of carbonyl (C=O) groups is 1. The summed E-state index contributed by atoms with van der Waals surface area (Å²) in [4.78, 5) is 19.0. The summed E-state index contributed by atoms with van der Waals surface area (Å²) in [6.07, 6.45) is 0. The Morgan fingerprint density at radius 3 is 2.07 bits per heavy atom. The number of halogens is 1. The van der Waals surface area contributed by atoms with Gasteiger partial charge in [0.25, 0.3) is 5.91 Å². The van der Waals surface area contributed by atoms with Gasteiger partial charge in [0.1, 0.15) is 0 Å². The Balaban J connectivity index is 1.92. The number of rotatable bonds is 3. The van der Waals surface area contributed by atoms with Gasteiger partial charge in [0.05, 0.1) is 16.1 Å². The maximum absolute atomic E-state index is 12.8. The van der Waals surface area contributed by atoms with Crippen LogP contribution in [0.4, 0.5) is 0 Å². The molecular formula is C23H17IN2OS. The number of hydrogen-bond acceptors (Lipinski definition) is 2. The third kappa shape index (κ3) is 3.72. The molecular weight excluding hydrogens is 479 g/mol. The second kappa shape index (κ2) is 8.24. The minimum atomic E-state index is -0.221. The Bertz CT molecular complexity index is 1190. The molecule has 28 heavy (non-hydrogen) atoms. The lowest BCUT2D eigenvalue weighted by Crippen LogP contribution is -2.14. The molecule has 1 amide bonds. The Labute approximate surface area is 181 Å². The van der Waals surface area contributed by atoms with E-state index in [4.69, 9.17) is 0 Å². The van der Waals surface area contributed by atoms with Gasteiger partial charge in [-0.15, -0.1) is 0 Å². The van der Waals surface area contributed by atoms with Crippen molar-refractivity contribution in [1.82, 2.24) is 4.57 Å². The van der Waals surface area contributed by atoms with Crippen molar-refractivity contribution in [2.45, 2.75) is 0 Å². The molecule has 5 heteroatoms. The number of nitrogens with zero attached hydrogens (tertiary/aromatic N) is 2. The van der Waals surface area contributed by atoms with Crippen molar-refractivity contribution in [2.24, 2.45) is 12.0 Å². The first-order valence-corrected chi connectivity index (χ1v) is 10.7.